The molecule has 2 N–H and O–H groups in total. The second-order valence-electron chi connectivity index (χ2n) is 3.41. The Morgan fingerprint density at radius 3 is 2.57 bits per heavy atom. The summed E-state index contributed by atoms with van der Waals surface area (Å²) in [5, 5.41) is 0. The van der Waals surface area contributed by atoms with Crippen molar-refractivity contribution in [3.63, 3.8) is 0 Å². The van der Waals surface area contributed by atoms with Gasteiger partial charge in [-0.05, 0) is 12.8 Å². The number of carbonyl (C=O) groups excluding carboxylic acids is 1. The lowest BCUT2D eigenvalue weighted by Gasteiger charge is -2.24. The Morgan fingerprint density at radius 2 is 2.21 bits per heavy atom. The standard InChI is InChI=1S/C11H22N2O/c1-4-7-13(8-5-2)11(14)10(6-3)9-12/h4,10H,1,5-9,12H2,2-3H3. The molecule has 3 nitrogen and oxygen atoms in total. The Morgan fingerprint density at radius 1 is 1.57 bits per heavy atom. The van der Waals surface area contributed by atoms with Crippen molar-refractivity contribution >= 4 is 5.91 Å². The van der Waals surface area contributed by atoms with Crippen molar-refractivity contribution in [1.29, 1.82) is 0 Å². The van der Waals surface area contributed by atoms with Crippen molar-refractivity contribution in [2.24, 2.45) is 11.7 Å². The molecule has 0 rings (SSSR count). The first kappa shape index (κ1) is 13.2. The van der Waals surface area contributed by atoms with Crippen LogP contribution in [0.5, 0.6) is 0 Å². The highest BCUT2D eigenvalue weighted by molar-refractivity contribution is 5.79. The fourth-order valence-electron chi connectivity index (χ4n) is 1.42. The van der Waals surface area contributed by atoms with Crippen molar-refractivity contribution in [2.45, 2.75) is 26.7 Å². The van der Waals surface area contributed by atoms with Gasteiger partial charge in [0.25, 0.3) is 0 Å². The van der Waals surface area contributed by atoms with E-state index in [1.54, 1.807) is 6.08 Å². The molecule has 0 aromatic carbocycles. The number of hydrogen-bond donors (Lipinski definition) is 1. The number of rotatable bonds is 7. The van der Waals surface area contributed by atoms with Crippen LogP contribution in [0.3, 0.4) is 0 Å². The second kappa shape index (κ2) is 7.56. The Balaban J connectivity index is 4.31. The maximum Gasteiger partial charge on any atom is 0.227 e. The highest BCUT2D eigenvalue weighted by Gasteiger charge is 2.19. The normalized spacial score (nSPS) is 12.2. The van der Waals surface area contributed by atoms with Gasteiger partial charge >= 0.3 is 0 Å². The quantitative estimate of drug-likeness (QED) is 0.628. The third kappa shape index (κ3) is 3.92. The SMILES string of the molecule is C=CCN(CCC)C(=O)C(CC)CN. The molecule has 1 unspecified atom stereocenters. The zero-order valence-electron chi connectivity index (χ0n) is 9.33. The van der Waals surface area contributed by atoms with Crippen molar-refractivity contribution in [1.82, 2.24) is 4.90 Å². The molecule has 0 aromatic heterocycles. The molecular formula is C11H22N2O. The molecular weight excluding hydrogens is 176 g/mol. The van der Waals surface area contributed by atoms with Crippen molar-refractivity contribution in [3.05, 3.63) is 12.7 Å². The summed E-state index contributed by atoms with van der Waals surface area (Å²) in [6.07, 6.45) is 3.55. The van der Waals surface area contributed by atoms with E-state index in [4.69, 9.17) is 5.73 Å². The molecule has 0 aliphatic rings. The average molecular weight is 198 g/mol. The summed E-state index contributed by atoms with van der Waals surface area (Å²) < 4.78 is 0. The fraction of sp³-hybridized carbons (Fsp3) is 0.727. The monoisotopic (exact) mass is 198 g/mol. The lowest BCUT2D eigenvalue weighted by atomic mass is 10.1. The van der Waals surface area contributed by atoms with E-state index in [1.807, 2.05) is 11.8 Å². The zero-order chi connectivity index (χ0) is 11.0. The number of nitrogens with two attached hydrogens (primary N) is 1. The third-order valence-electron chi connectivity index (χ3n) is 2.28. The maximum atomic E-state index is 11.9. The lowest BCUT2D eigenvalue weighted by Crippen LogP contribution is -2.39. The zero-order valence-corrected chi connectivity index (χ0v) is 9.33. The molecule has 0 bridgehead atoms. The van der Waals surface area contributed by atoms with Gasteiger partial charge in [-0.2, -0.15) is 0 Å². The van der Waals surface area contributed by atoms with Crippen molar-refractivity contribution in [3.8, 4) is 0 Å². The van der Waals surface area contributed by atoms with Crippen LogP contribution in [0.4, 0.5) is 0 Å². The topological polar surface area (TPSA) is 46.3 Å². The third-order valence-corrected chi connectivity index (χ3v) is 2.28. The van der Waals surface area contributed by atoms with Gasteiger partial charge in [-0.25, -0.2) is 0 Å². The Labute approximate surface area is 87.0 Å². The number of amides is 1. The van der Waals surface area contributed by atoms with Crippen molar-refractivity contribution in [2.75, 3.05) is 19.6 Å². The molecule has 3 heteroatoms. The average Bonchev–Trinajstić information content (AvgIpc) is 2.19. The van der Waals surface area contributed by atoms with E-state index < -0.39 is 0 Å². The molecule has 0 aromatic rings. The van der Waals surface area contributed by atoms with Gasteiger partial charge in [0.15, 0.2) is 0 Å². The first-order chi connectivity index (χ1) is 6.71. The number of hydrogen-bond acceptors (Lipinski definition) is 2. The van der Waals surface area contributed by atoms with E-state index in [1.165, 1.54) is 0 Å². The molecule has 0 fully saturated rings. The summed E-state index contributed by atoms with van der Waals surface area (Å²) in [5.41, 5.74) is 5.54. The fourth-order valence-corrected chi connectivity index (χ4v) is 1.42. The molecule has 0 aliphatic heterocycles. The minimum absolute atomic E-state index is 0.0264. The first-order valence-corrected chi connectivity index (χ1v) is 5.30. The highest BCUT2D eigenvalue weighted by Crippen LogP contribution is 2.06. The van der Waals surface area contributed by atoms with E-state index in [2.05, 4.69) is 13.5 Å². The molecule has 0 spiro atoms. The molecule has 1 atom stereocenters. The maximum absolute atomic E-state index is 11.9. The molecule has 0 radical (unpaired) electrons. The summed E-state index contributed by atoms with van der Waals surface area (Å²) in [7, 11) is 0. The second-order valence-corrected chi connectivity index (χ2v) is 3.41. The van der Waals surface area contributed by atoms with Gasteiger partial charge in [-0.3, -0.25) is 4.79 Å². The summed E-state index contributed by atoms with van der Waals surface area (Å²) >= 11 is 0. The van der Waals surface area contributed by atoms with E-state index in [9.17, 15) is 4.79 Å². The Hall–Kier alpha value is -0.830. The van der Waals surface area contributed by atoms with Crippen LogP contribution in [0.15, 0.2) is 12.7 Å². The Bertz CT molecular complexity index is 176. The lowest BCUT2D eigenvalue weighted by molar-refractivity contribution is -0.134. The summed E-state index contributed by atoms with van der Waals surface area (Å²) in [6, 6.07) is 0. The van der Waals surface area contributed by atoms with E-state index >= 15 is 0 Å². The summed E-state index contributed by atoms with van der Waals surface area (Å²) in [6.45, 7) is 9.57. The summed E-state index contributed by atoms with van der Waals surface area (Å²) in [5.74, 6) is 0.137. The Kier molecular flexibility index (Phi) is 7.11. The molecule has 14 heavy (non-hydrogen) atoms. The van der Waals surface area contributed by atoms with E-state index in [0.29, 0.717) is 13.1 Å². The summed E-state index contributed by atoms with van der Waals surface area (Å²) in [4.78, 5) is 13.7. The van der Waals surface area contributed by atoms with Gasteiger partial charge in [-0.15, -0.1) is 6.58 Å². The largest absolute Gasteiger partial charge is 0.339 e. The van der Waals surface area contributed by atoms with Crippen LogP contribution in [0, 0.1) is 5.92 Å². The molecule has 0 aliphatic carbocycles. The van der Waals surface area contributed by atoms with Gasteiger partial charge in [0.1, 0.15) is 0 Å². The number of carbonyl (C=O) groups is 1. The van der Waals surface area contributed by atoms with Crippen molar-refractivity contribution < 1.29 is 4.79 Å². The van der Waals surface area contributed by atoms with E-state index in [-0.39, 0.29) is 11.8 Å². The molecule has 0 saturated heterocycles. The van der Waals surface area contributed by atoms with Crippen LogP contribution in [0.2, 0.25) is 0 Å². The van der Waals surface area contributed by atoms with Gasteiger partial charge in [0.2, 0.25) is 5.91 Å². The van der Waals surface area contributed by atoms with Crippen LogP contribution >= 0.6 is 0 Å². The van der Waals surface area contributed by atoms with E-state index in [0.717, 1.165) is 19.4 Å². The van der Waals surface area contributed by atoms with Crippen LogP contribution < -0.4 is 5.73 Å². The molecule has 0 saturated carbocycles. The predicted octanol–water partition coefficient (Wildman–Crippen LogP) is 1.40. The van der Waals surface area contributed by atoms with Gasteiger partial charge in [-0.1, -0.05) is 19.9 Å². The van der Waals surface area contributed by atoms with Gasteiger partial charge < -0.3 is 10.6 Å². The van der Waals surface area contributed by atoms with Gasteiger partial charge in [0.05, 0.1) is 5.92 Å². The van der Waals surface area contributed by atoms with Crippen LogP contribution in [0.1, 0.15) is 26.7 Å². The highest BCUT2D eigenvalue weighted by atomic mass is 16.2. The molecule has 0 heterocycles. The minimum atomic E-state index is -0.0264. The van der Waals surface area contributed by atoms with Crippen LogP contribution in [0.25, 0.3) is 0 Å². The van der Waals surface area contributed by atoms with Crippen LogP contribution in [-0.2, 0) is 4.79 Å². The van der Waals surface area contributed by atoms with Crippen LogP contribution in [-0.4, -0.2) is 30.4 Å². The first-order valence-electron chi connectivity index (χ1n) is 5.30. The molecule has 82 valence electrons. The van der Waals surface area contributed by atoms with Gasteiger partial charge in [0, 0.05) is 19.6 Å². The smallest absolute Gasteiger partial charge is 0.227 e. The molecule has 1 amide bonds. The minimum Gasteiger partial charge on any atom is -0.339 e. The number of nitrogens with zero attached hydrogens (tertiary/aromatic N) is 1. The predicted molar refractivity (Wildman–Crippen MR) is 59.9 cm³/mol.